The third kappa shape index (κ3) is 4.53. The molecule has 0 spiro atoms. The summed E-state index contributed by atoms with van der Waals surface area (Å²) in [5.41, 5.74) is 2.19. The minimum absolute atomic E-state index is 0.153. The van der Waals surface area contributed by atoms with Crippen LogP contribution in [0.4, 0.5) is 11.5 Å². The molecule has 0 bridgehead atoms. The Balaban J connectivity index is 2.02. The molecular weight excluding hydrogens is 342 g/mol. The zero-order chi connectivity index (χ0) is 19.2. The highest BCUT2D eigenvalue weighted by atomic mass is 16.5. The molecule has 0 saturated carbocycles. The molecule has 6 nitrogen and oxygen atoms in total. The maximum Gasteiger partial charge on any atom is 0.360 e. The van der Waals surface area contributed by atoms with Crippen LogP contribution in [-0.4, -0.2) is 29.2 Å². The molecule has 0 unspecified atom stereocenters. The smallest absolute Gasteiger partial charge is 0.360 e. The predicted octanol–water partition coefficient (Wildman–Crippen LogP) is 4.58. The monoisotopic (exact) mass is 365 g/mol. The third-order valence-electron chi connectivity index (χ3n) is 3.75. The topological polar surface area (TPSA) is 73.3 Å². The molecule has 0 radical (unpaired) electrons. The summed E-state index contributed by atoms with van der Waals surface area (Å²) in [7, 11) is 0. The van der Waals surface area contributed by atoms with Crippen molar-refractivity contribution in [3.8, 4) is 5.75 Å². The van der Waals surface area contributed by atoms with Gasteiger partial charge in [0.2, 0.25) is 0 Å². The van der Waals surface area contributed by atoms with E-state index in [1.165, 1.54) is 0 Å². The lowest BCUT2D eigenvalue weighted by Crippen LogP contribution is -2.15. The van der Waals surface area contributed by atoms with E-state index in [0.29, 0.717) is 41.5 Å². The molecule has 2 aromatic carbocycles. The number of rotatable bonds is 7. The Hall–Kier alpha value is -3.15. The molecule has 0 aliphatic rings. The maximum atomic E-state index is 12.6. The van der Waals surface area contributed by atoms with Crippen molar-refractivity contribution >= 4 is 28.5 Å². The van der Waals surface area contributed by atoms with Crippen molar-refractivity contribution < 1.29 is 14.3 Å². The number of hydrogen-bond acceptors (Lipinski definition) is 6. The van der Waals surface area contributed by atoms with Gasteiger partial charge in [0.05, 0.1) is 29.9 Å². The highest BCUT2D eigenvalue weighted by molar-refractivity contribution is 5.96. The van der Waals surface area contributed by atoms with E-state index in [4.69, 9.17) is 9.47 Å². The molecule has 0 fully saturated rings. The second-order valence-electron chi connectivity index (χ2n) is 6.46. The normalized spacial score (nSPS) is 10.8. The maximum absolute atomic E-state index is 12.6. The van der Waals surface area contributed by atoms with Gasteiger partial charge in [-0.1, -0.05) is 38.1 Å². The van der Waals surface area contributed by atoms with E-state index >= 15 is 0 Å². The molecule has 1 heterocycles. The van der Waals surface area contributed by atoms with Crippen LogP contribution in [-0.2, 0) is 4.74 Å². The van der Waals surface area contributed by atoms with Crippen LogP contribution in [0, 0.1) is 5.92 Å². The van der Waals surface area contributed by atoms with Gasteiger partial charge >= 0.3 is 5.97 Å². The number of fused-ring (bicyclic) bond motifs is 1. The highest BCUT2D eigenvalue weighted by Crippen LogP contribution is 2.29. The zero-order valence-electron chi connectivity index (χ0n) is 15.7. The van der Waals surface area contributed by atoms with Gasteiger partial charge in [0, 0.05) is 0 Å². The number of nitrogens with zero attached hydrogens (tertiary/aromatic N) is 2. The van der Waals surface area contributed by atoms with Crippen LogP contribution >= 0.6 is 0 Å². The zero-order valence-corrected chi connectivity index (χ0v) is 15.7. The Kier molecular flexibility index (Phi) is 5.86. The molecule has 0 atom stereocenters. The van der Waals surface area contributed by atoms with Crippen molar-refractivity contribution in [1.29, 1.82) is 0 Å². The first-order chi connectivity index (χ1) is 13.1. The number of aromatic nitrogens is 2. The third-order valence-corrected chi connectivity index (χ3v) is 3.75. The van der Waals surface area contributed by atoms with Crippen LogP contribution in [0.25, 0.3) is 11.0 Å². The fraction of sp³-hybridized carbons (Fsp3) is 0.286. The van der Waals surface area contributed by atoms with Crippen molar-refractivity contribution in [2.45, 2.75) is 20.8 Å². The van der Waals surface area contributed by atoms with Gasteiger partial charge in [-0.3, -0.25) is 0 Å². The molecule has 0 aliphatic heterocycles. The van der Waals surface area contributed by atoms with Crippen LogP contribution in [0.1, 0.15) is 31.3 Å². The summed E-state index contributed by atoms with van der Waals surface area (Å²) in [6, 6.07) is 14.9. The second kappa shape index (κ2) is 8.49. The minimum Gasteiger partial charge on any atom is -0.492 e. The van der Waals surface area contributed by atoms with Gasteiger partial charge in [-0.05, 0) is 37.1 Å². The van der Waals surface area contributed by atoms with Gasteiger partial charge in [0.1, 0.15) is 5.75 Å². The van der Waals surface area contributed by atoms with Crippen molar-refractivity contribution in [1.82, 2.24) is 9.97 Å². The van der Waals surface area contributed by atoms with Gasteiger partial charge in [-0.25, -0.2) is 14.8 Å². The summed E-state index contributed by atoms with van der Waals surface area (Å²) in [5, 5.41) is 3.19. The average Bonchev–Trinajstić information content (AvgIpc) is 2.67. The summed E-state index contributed by atoms with van der Waals surface area (Å²) in [6.45, 7) is 6.74. The second-order valence-corrected chi connectivity index (χ2v) is 6.46. The summed E-state index contributed by atoms with van der Waals surface area (Å²) < 4.78 is 11.0. The highest BCUT2D eigenvalue weighted by Gasteiger charge is 2.19. The van der Waals surface area contributed by atoms with Gasteiger partial charge in [0.15, 0.2) is 11.5 Å². The number of benzene rings is 2. The predicted molar refractivity (Wildman–Crippen MR) is 106 cm³/mol. The average molecular weight is 365 g/mol. The van der Waals surface area contributed by atoms with Crippen LogP contribution in [0.15, 0.2) is 48.5 Å². The molecule has 27 heavy (non-hydrogen) atoms. The first kappa shape index (κ1) is 18.6. The number of anilines is 2. The number of hydrogen-bond donors (Lipinski definition) is 1. The standard InChI is InChI=1S/C21H23N3O3/c1-4-26-18-12-8-7-11-17(18)24-20-19(21(25)27-13-14(2)3)22-15-9-5-6-10-16(15)23-20/h5-12,14H,4,13H2,1-3H3,(H,23,24). The number of carbonyl (C=O) groups excluding carboxylic acids is 1. The van der Waals surface area contributed by atoms with Crippen LogP contribution < -0.4 is 10.1 Å². The van der Waals surface area contributed by atoms with Gasteiger partial charge in [-0.2, -0.15) is 0 Å². The van der Waals surface area contributed by atoms with Gasteiger partial charge in [0.25, 0.3) is 0 Å². The molecule has 140 valence electrons. The summed E-state index contributed by atoms with van der Waals surface area (Å²) in [5.74, 6) is 0.752. The largest absolute Gasteiger partial charge is 0.492 e. The lowest BCUT2D eigenvalue weighted by Gasteiger charge is -2.15. The summed E-state index contributed by atoms with van der Waals surface area (Å²) >= 11 is 0. The Morgan fingerprint density at radius 1 is 1.04 bits per heavy atom. The van der Waals surface area contributed by atoms with Gasteiger partial charge in [-0.15, -0.1) is 0 Å². The van der Waals surface area contributed by atoms with Crippen molar-refractivity contribution in [3.63, 3.8) is 0 Å². The van der Waals surface area contributed by atoms with Gasteiger partial charge < -0.3 is 14.8 Å². The molecule has 0 saturated heterocycles. The summed E-state index contributed by atoms with van der Waals surface area (Å²) in [4.78, 5) is 21.7. The Morgan fingerprint density at radius 2 is 1.70 bits per heavy atom. The van der Waals surface area contributed by atoms with E-state index in [0.717, 1.165) is 0 Å². The molecule has 1 aromatic heterocycles. The van der Waals surface area contributed by atoms with Crippen molar-refractivity contribution in [2.75, 3.05) is 18.5 Å². The van der Waals surface area contributed by atoms with E-state index in [9.17, 15) is 4.79 Å². The van der Waals surface area contributed by atoms with Crippen LogP contribution in [0.3, 0.4) is 0 Å². The Labute approximate surface area is 158 Å². The molecule has 0 aliphatic carbocycles. The number of ether oxygens (including phenoxy) is 2. The van der Waals surface area contributed by atoms with E-state index < -0.39 is 5.97 Å². The quantitative estimate of drug-likeness (QED) is 0.618. The van der Waals surface area contributed by atoms with E-state index in [2.05, 4.69) is 15.3 Å². The minimum atomic E-state index is -0.502. The van der Waals surface area contributed by atoms with Crippen LogP contribution in [0.5, 0.6) is 5.75 Å². The molecule has 3 rings (SSSR count). The van der Waals surface area contributed by atoms with Crippen molar-refractivity contribution in [2.24, 2.45) is 5.92 Å². The SMILES string of the molecule is CCOc1ccccc1Nc1nc2ccccc2nc1C(=O)OCC(C)C. The fourth-order valence-electron chi connectivity index (χ4n) is 2.52. The fourth-order valence-corrected chi connectivity index (χ4v) is 2.52. The van der Waals surface area contributed by atoms with E-state index in [1.807, 2.05) is 69.3 Å². The Bertz CT molecular complexity index is 941. The number of esters is 1. The lowest BCUT2D eigenvalue weighted by molar-refractivity contribution is 0.0453. The molecular formula is C21H23N3O3. The van der Waals surface area contributed by atoms with E-state index in [-0.39, 0.29) is 11.6 Å². The molecule has 3 aromatic rings. The van der Waals surface area contributed by atoms with Crippen molar-refractivity contribution in [3.05, 3.63) is 54.2 Å². The first-order valence-corrected chi connectivity index (χ1v) is 9.01. The van der Waals surface area contributed by atoms with Crippen LogP contribution in [0.2, 0.25) is 0 Å². The Morgan fingerprint density at radius 3 is 2.41 bits per heavy atom. The lowest BCUT2D eigenvalue weighted by atomic mass is 10.2. The first-order valence-electron chi connectivity index (χ1n) is 9.01. The molecule has 0 amide bonds. The number of nitrogens with one attached hydrogen (secondary N) is 1. The number of carbonyl (C=O) groups is 1. The summed E-state index contributed by atoms with van der Waals surface area (Å²) in [6.07, 6.45) is 0. The number of para-hydroxylation sites is 4. The van der Waals surface area contributed by atoms with E-state index in [1.54, 1.807) is 0 Å². The molecule has 6 heteroatoms. The molecule has 1 N–H and O–H groups in total.